The second-order valence-electron chi connectivity index (χ2n) is 5.96. The van der Waals surface area contributed by atoms with Gasteiger partial charge in [-0.15, -0.1) is 18.3 Å². The molecule has 0 spiro atoms. The molecule has 0 bridgehead atoms. The first kappa shape index (κ1) is 18.5. The molecule has 0 radical (unpaired) electrons. The van der Waals surface area contributed by atoms with Crippen LogP contribution < -0.4 is 10.1 Å². The molecule has 9 heteroatoms. The number of rotatable bonds is 5. The number of pyridine rings is 1. The molecule has 4 aromatic rings. The van der Waals surface area contributed by atoms with Crippen LogP contribution in [0.15, 0.2) is 79.4 Å². The smallest absolute Gasteiger partial charge is 0.406 e. The Balaban J connectivity index is 1.63. The third kappa shape index (κ3) is 4.52. The standard InChI is InChI=1S/C20H14F3N5O/c21-20(22,23)29-16-5-3-4-15(12-16)28-13-25-19(27-28)17-6-1-2-7-18(17)26-14-8-10-24-11-9-14/h1-13H,(H,24,26). The van der Waals surface area contributed by atoms with Crippen LogP contribution in [-0.2, 0) is 0 Å². The van der Waals surface area contributed by atoms with Gasteiger partial charge < -0.3 is 10.1 Å². The Hall–Kier alpha value is -3.88. The van der Waals surface area contributed by atoms with Crippen LogP contribution in [0.25, 0.3) is 17.1 Å². The van der Waals surface area contributed by atoms with Crippen molar-refractivity contribution in [3.05, 3.63) is 79.4 Å². The predicted octanol–water partition coefficient (Wildman–Crippen LogP) is 4.97. The molecule has 0 atom stereocenters. The van der Waals surface area contributed by atoms with Gasteiger partial charge >= 0.3 is 6.36 Å². The maximum Gasteiger partial charge on any atom is 0.573 e. The molecule has 2 aromatic carbocycles. The molecule has 0 fully saturated rings. The van der Waals surface area contributed by atoms with Crippen LogP contribution in [0, 0.1) is 0 Å². The first-order valence-electron chi connectivity index (χ1n) is 8.52. The zero-order valence-corrected chi connectivity index (χ0v) is 14.8. The Morgan fingerprint density at radius 2 is 1.72 bits per heavy atom. The molecule has 0 amide bonds. The summed E-state index contributed by atoms with van der Waals surface area (Å²) >= 11 is 0. The van der Waals surface area contributed by atoms with Gasteiger partial charge in [0.2, 0.25) is 0 Å². The van der Waals surface area contributed by atoms with E-state index in [9.17, 15) is 13.2 Å². The van der Waals surface area contributed by atoms with E-state index in [4.69, 9.17) is 0 Å². The van der Waals surface area contributed by atoms with Crippen LogP contribution in [0.5, 0.6) is 5.75 Å². The summed E-state index contributed by atoms with van der Waals surface area (Å²) in [5, 5.41) is 7.69. The second kappa shape index (κ2) is 7.63. The molecule has 0 aliphatic rings. The van der Waals surface area contributed by atoms with E-state index in [1.807, 2.05) is 36.4 Å². The van der Waals surface area contributed by atoms with Gasteiger partial charge in [0.15, 0.2) is 5.82 Å². The van der Waals surface area contributed by atoms with Crippen molar-refractivity contribution in [3.8, 4) is 22.8 Å². The fraction of sp³-hybridized carbons (Fsp3) is 0.0500. The van der Waals surface area contributed by atoms with Crippen molar-refractivity contribution >= 4 is 11.4 Å². The molecule has 0 aliphatic carbocycles. The SMILES string of the molecule is FC(F)(F)Oc1cccc(-n2cnc(-c3ccccc3Nc3ccncc3)n2)c1. The number of alkyl halides is 3. The number of ether oxygens (including phenoxy) is 1. The molecule has 146 valence electrons. The van der Waals surface area contributed by atoms with Gasteiger partial charge in [0.05, 0.1) is 5.69 Å². The van der Waals surface area contributed by atoms with Gasteiger partial charge in [0.1, 0.15) is 12.1 Å². The number of halogens is 3. The van der Waals surface area contributed by atoms with E-state index in [2.05, 4.69) is 25.1 Å². The Morgan fingerprint density at radius 3 is 2.52 bits per heavy atom. The van der Waals surface area contributed by atoms with Crippen molar-refractivity contribution in [2.45, 2.75) is 6.36 Å². The molecule has 29 heavy (non-hydrogen) atoms. The van der Waals surface area contributed by atoms with Gasteiger partial charge in [-0.2, -0.15) is 0 Å². The molecule has 2 heterocycles. The lowest BCUT2D eigenvalue weighted by Crippen LogP contribution is -2.17. The van der Waals surface area contributed by atoms with E-state index in [1.165, 1.54) is 29.2 Å². The van der Waals surface area contributed by atoms with E-state index in [1.54, 1.807) is 18.5 Å². The van der Waals surface area contributed by atoms with Crippen LogP contribution in [0.1, 0.15) is 0 Å². The molecule has 1 N–H and O–H groups in total. The van der Waals surface area contributed by atoms with Gasteiger partial charge in [0, 0.05) is 35.4 Å². The molecule has 0 unspecified atom stereocenters. The Bertz CT molecular complexity index is 1110. The summed E-state index contributed by atoms with van der Waals surface area (Å²) in [4.78, 5) is 8.29. The minimum absolute atomic E-state index is 0.327. The average Bonchev–Trinajstić information content (AvgIpc) is 3.18. The minimum atomic E-state index is -4.76. The van der Waals surface area contributed by atoms with Crippen LogP contribution in [0.2, 0.25) is 0 Å². The molecule has 0 saturated carbocycles. The molecule has 4 rings (SSSR count). The van der Waals surface area contributed by atoms with Crippen molar-refractivity contribution in [3.63, 3.8) is 0 Å². The Labute approximate surface area is 163 Å². The number of para-hydroxylation sites is 1. The summed E-state index contributed by atoms with van der Waals surface area (Å²) in [6.07, 6.45) is 0.0246. The first-order chi connectivity index (χ1) is 14.0. The van der Waals surface area contributed by atoms with Crippen LogP contribution in [-0.4, -0.2) is 26.1 Å². The fourth-order valence-corrected chi connectivity index (χ4v) is 2.71. The maximum atomic E-state index is 12.5. The van der Waals surface area contributed by atoms with Crippen molar-refractivity contribution in [2.75, 3.05) is 5.32 Å². The number of hydrogen-bond acceptors (Lipinski definition) is 5. The highest BCUT2D eigenvalue weighted by atomic mass is 19.4. The van der Waals surface area contributed by atoms with Crippen LogP contribution >= 0.6 is 0 Å². The van der Waals surface area contributed by atoms with Gasteiger partial charge in [-0.1, -0.05) is 18.2 Å². The van der Waals surface area contributed by atoms with E-state index >= 15 is 0 Å². The van der Waals surface area contributed by atoms with E-state index < -0.39 is 6.36 Å². The highest BCUT2D eigenvalue weighted by Crippen LogP contribution is 2.29. The highest BCUT2D eigenvalue weighted by Gasteiger charge is 2.31. The zero-order valence-electron chi connectivity index (χ0n) is 14.8. The number of nitrogens with zero attached hydrogens (tertiary/aromatic N) is 4. The molecular weight excluding hydrogens is 383 g/mol. The molecule has 0 aliphatic heterocycles. The van der Waals surface area contributed by atoms with Gasteiger partial charge in [-0.05, 0) is 36.4 Å². The lowest BCUT2D eigenvalue weighted by molar-refractivity contribution is -0.274. The minimum Gasteiger partial charge on any atom is -0.406 e. The van der Waals surface area contributed by atoms with E-state index in [0.29, 0.717) is 11.5 Å². The fourth-order valence-electron chi connectivity index (χ4n) is 2.71. The number of hydrogen-bond donors (Lipinski definition) is 1. The average molecular weight is 397 g/mol. The molecule has 6 nitrogen and oxygen atoms in total. The van der Waals surface area contributed by atoms with Crippen LogP contribution in [0.4, 0.5) is 24.5 Å². The molecular formula is C20H14F3N5O. The van der Waals surface area contributed by atoms with Gasteiger partial charge in [0.25, 0.3) is 0 Å². The zero-order chi connectivity index (χ0) is 20.3. The number of anilines is 2. The summed E-state index contributed by atoms with van der Waals surface area (Å²) < 4.78 is 42.7. The number of aromatic nitrogens is 4. The third-order valence-electron chi connectivity index (χ3n) is 3.93. The topological polar surface area (TPSA) is 64.9 Å². The first-order valence-corrected chi connectivity index (χ1v) is 8.52. The normalized spacial score (nSPS) is 11.3. The largest absolute Gasteiger partial charge is 0.573 e. The number of nitrogens with one attached hydrogen (secondary N) is 1. The van der Waals surface area contributed by atoms with E-state index in [-0.39, 0.29) is 5.75 Å². The van der Waals surface area contributed by atoms with E-state index in [0.717, 1.165) is 16.9 Å². The molecule has 2 aromatic heterocycles. The van der Waals surface area contributed by atoms with Crippen molar-refractivity contribution in [2.24, 2.45) is 0 Å². The highest BCUT2D eigenvalue weighted by molar-refractivity contribution is 5.77. The monoisotopic (exact) mass is 397 g/mol. The molecule has 0 saturated heterocycles. The van der Waals surface area contributed by atoms with Gasteiger partial charge in [-0.25, -0.2) is 9.67 Å². The van der Waals surface area contributed by atoms with Crippen molar-refractivity contribution < 1.29 is 17.9 Å². The summed E-state index contributed by atoms with van der Waals surface area (Å²) in [5.74, 6) is 0.0936. The van der Waals surface area contributed by atoms with Crippen LogP contribution in [0.3, 0.4) is 0 Å². The predicted molar refractivity (Wildman–Crippen MR) is 101 cm³/mol. The summed E-state index contributed by atoms with van der Waals surface area (Å²) in [6.45, 7) is 0. The Morgan fingerprint density at radius 1 is 0.931 bits per heavy atom. The summed E-state index contributed by atoms with van der Waals surface area (Å²) in [7, 11) is 0. The summed E-state index contributed by atoms with van der Waals surface area (Å²) in [5.41, 5.74) is 2.77. The quantitative estimate of drug-likeness (QED) is 0.515. The number of benzene rings is 2. The third-order valence-corrected chi connectivity index (χ3v) is 3.93. The lowest BCUT2D eigenvalue weighted by Gasteiger charge is -2.10. The second-order valence-corrected chi connectivity index (χ2v) is 5.96. The summed E-state index contributed by atoms with van der Waals surface area (Å²) in [6, 6.07) is 16.7. The van der Waals surface area contributed by atoms with Crippen molar-refractivity contribution in [1.29, 1.82) is 0 Å². The lowest BCUT2D eigenvalue weighted by atomic mass is 10.1. The maximum absolute atomic E-state index is 12.5. The van der Waals surface area contributed by atoms with Gasteiger partial charge in [-0.3, -0.25) is 4.98 Å². The van der Waals surface area contributed by atoms with Crippen molar-refractivity contribution in [1.82, 2.24) is 19.7 Å². The Kier molecular flexibility index (Phi) is 4.86.